The van der Waals surface area contributed by atoms with Crippen LogP contribution in [-0.2, 0) is 0 Å². The third-order valence-electron chi connectivity index (χ3n) is 4.93. The Morgan fingerprint density at radius 3 is 2.10 bits per heavy atom. The van der Waals surface area contributed by atoms with E-state index in [2.05, 4.69) is 13.8 Å². The maximum atomic E-state index is 13.0. The second-order valence-corrected chi connectivity index (χ2v) is 8.73. The van der Waals surface area contributed by atoms with Crippen LogP contribution in [0.3, 0.4) is 0 Å². The molecule has 1 atom stereocenters. The van der Waals surface area contributed by atoms with Gasteiger partial charge in [-0.05, 0) is 58.5 Å². The molecule has 0 radical (unpaired) electrons. The topological polar surface area (TPSA) is 35.5 Å². The Morgan fingerprint density at radius 1 is 0.862 bits per heavy atom. The van der Waals surface area contributed by atoms with E-state index in [9.17, 15) is 4.79 Å². The first-order valence-corrected chi connectivity index (χ1v) is 11.8. The summed E-state index contributed by atoms with van der Waals surface area (Å²) in [5, 5.41) is 0.954. The lowest BCUT2D eigenvalue weighted by molar-refractivity contribution is 0.108. The summed E-state index contributed by atoms with van der Waals surface area (Å²) in [4.78, 5) is 13.0. The van der Waals surface area contributed by atoms with Gasteiger partial charge in [0.15, 0.2) is 5.52 Å². The van der Waals surface area contributed by atoms with Gasteiger partial charge in [-0.2, -0.15) is 0 Å². The minimum absolute atomic E-state index is 0.0387. The molecule has 0 aromatic heterocycles. The molecule has 0 amide bonds. The molecule has 0 bridgehead atoms. The van der Waals surface area contributed by atoms with Crippen molar-refractivity contribution < 1.29 is 14.3 Å². The predicted molar refractivity (Wildman–Crippen MR) is 125 cm³/mol. The smallest absolute Gasteiger partial charge is 0.186 e. The van der Waals surface area contributed by atoms with Crippen molar-refractivity contribution in [1.29, 1.82) is 0 Å². The number of benzene rings is 2. The largest absolute Gasteiger partial charge is 0.493 e. The van der Waals surface area contributed by atoms with Crippen LogP contribution in [0.15, 0.2) is 36.4 Å². The SMILES string of the molecule is CCCCCOc1ccc(PC(=O)c2c(C)cccc2C)c(OCCCCC)c1. The number of unbranched alkanes of at least 4 members (excludes halogenated alkanes) is 4. The molecule has 0 heterocycles. The van der Waals surface area contributed by atoms with Crippen molar-refractivity contribution in [1.82, 2.24) is 0 Å². The molecule has 0 saturated carbocycles. The van der Waals surface area contributed by atoms with Gasteiger partial charge in [0, 0.05) is 16.9 Å². The van der Waals surface area contributed by atoms with Crippen LogP contribution in [0.4, 0.5) is 0 Å². The van der Waals surface area contributed by atoms with Gasteiger partial charge in [0.1, 0.15) is 11.5 Å². The van der Waals surface area contributed by atoms with Gasteiger partial charge in [-0.3, -0.25) is 4.79 Å². The quantitative estimate of drug-likeness (QED) is 0.274. The molecule has 2 rings (SSSR count). The number of hydrogen-bond donors (Lipinski definition) is 0. The molecule has 0 spiro atoms. The third kappa shape index (κ3) is 7.48. The standard InChI is InChI=1S/C25H35O3P/c1-5-7-9-16-27-21-14-15-23(22(18-21)28-17-10-8-6-2)29-25(26)24-19(3)12-11-13-20(24)4/h11-15,18,29H,5-10,16-17H2,1-4H3. The average Bonchev–Trinajstić information content (AvgIpc) is 2.70. The molecule has 0 aliphatic rings. The van der Waals surface area contributed by atoms with Gasteiger partial charge < -0.3 is 9.47 Å². The Morgan fingerprint density at radius 2 is 1.48 bits per heavy atom. The van der Waals surface area contributed by atoms with E-state index in [1.165, 1.54) is 12.8 Å². The number of rotatable bonds is 13. The van der Waals surface area contributed by atoms with Crippen LogP contribution in [0.1, 0.15) is 73.9 Å². The Balaban J connectivity index is 2.16. The summed E-state index contributed by atoms with van der Waals surface area (Å²) in [6.45, 7) is 9.75. The summed E-state index contributed by atoms with van der Waals surface area (Å²) in [5.41, 5.74) is 3.06. The van der Waals surface area contributed by atoms with E-state index >= 15 is 0 Å². The summed E-state index contributed by atoms with van der Waals surface area (Å²) in [7, 11) is 0.0387. The van der Waals surface area contributed by atoms with Crippen LogP contribution in [0, 0.1) is 13.8 Å². The van der Waals surface area contributed by atoms with Gasteiger partial charge in [0.25, 0.3) is 0 Å². The highest BCUT2D eigenvalue weighted by Gasteiger charge is 2.16. The highest BCUT2D eigenvalue weighted by molar-refractivity contribution is 7.66. The molecule has 2 aromatic rings. The number of carbonyl (C=O) groups excluding carboxylic acids is 1. The van der Waals surface area contributed by atoms with Crippen molar-refractivity contribution in [2.75, 3.05) is 13.2 Å². The highest BCUT2D eigenvalue weighted by atomic mass is 31.1. The van der Waals surface area contributed by atoms with Crippen LogP contribution in [0.5, 0.6) is 11.5 Å². The third-order valence-corrected chi connectivity index (χ3v) is 6.09. The van der Waals surface area contributed by atoms with Crippen LogP contribution in [-0.4, -0.2) is 18.7 Å². The van der Waals surface area contributed by atoms with Crippen LogP contribution < -0.4 is 14.8 Å². The predicted octanol–water partition coefficient (Wildman–Crippen LogP) is 6.59. The second-order valence-electron chi connectivity index (χ2n) is 7.49. The maximum absolute atomic E-state index is 13.0. The fourth-order valence-electron chi connectivity index (χ4n) is 3.25. The molecule has 0 aliphatic heterocycles. The molecule has 2 aromatic carbocycles. The molecular formula is C25H35O3P. The zero-order valence-electron chi connectivity index (χ0n) is 18.3. The lowest BCUT2D eigenvalue weighted by atomic mass is 10.0. The summed E-state index contributed by atoms with van der Waals surface area (Å²) in [5.74, 6) is 1.60. The van der Waals surface area contributed by atoms with Crippen molar-refractivity contribution in [2.24, 2.45) is 0 Å². The van der Waals surface area contributed by atoms with E-state index in [-0.39, 0.29) is 14.1 Å². The molecular weight excluding hydrogens is 379 g/mol. The first-order chi connectivity index (χ1) is 14.1. The minimum atomic E-state index is 0.0387. The fraction of sp³-hybridized carbons (Fsp3) is 0.480. The normalized spacial score (nSPS) is 11.2. The summed E-state index contributed by atoms with van der Waals surface area (Å²) in [6.07, 6.45) is 6.72. The Kier molecular flexibility index (Phi) is 10.2. The van der Waals surface area contributed by atoms with Gasteiger partial charge in [-0.1, -0.05) is 57.7 Å². The van der Waals surface area contributed by atoms with Crippen molar-refractivity contribution >= 4 is 19.4 Å². The van der Waals surface area contributed by atoms with Gasteiger partial charge in [-0.15, -0.1) is 0 Å². The molecule has 0 N–H and O–H groups in total. The summed E-state index contributed by atoms with van der Waals surface area (Å²) in [6, 6.07) is 11.9. The number of hydrogen-bond acceptors (Lipinski definition) is 3. The molecule has 0 fully saturated rings. The lowest BCUT2D eigenvalue weighted by Gasteiger charge is -2.15. The van der Waals surface area contributed by atoms with E-state index in [1.54, 1.807) is 0 Å². The van der Waals surface area contributed by atoms with Gasteiger partial charge in [0.05, 0.1) is 13.2 Å². The summed E-state index contributed by atoms with van der Waals surface area (Å²) >= 11 is 0. The maximum Gasteiger partial charge on any atom is 0.186 e. The Labute approximate surface area is 178 Å². The van der Waals surface area contributed by atoms with Gasteiger partial charge >= 0.3 is 0 Å². The van der Waals surface area contributed by atoms with Crippen molar-refractivity contribution in [2.45, 2.75) is 66.2 Å². The number of carbonyl (C=O) groups is 1. The van der Waals surface area contributed by atoms with Crippen LogP contribution in [0.25, 0.3) is 0 Å². The first kappa shape index (κ1) is 23.4. The number of ether oxygens (including phenoxy) is 2. The van der Waals surface area contributed by atoms with Crippen molar-refractivity contribution in [3.8, 4) is 11.5 Å². The molecule has 0 aliphatic carbocycles. The van der Waals surface area contributed by atoms with E-state index in [1.807, 2.05) is 50.2 Å². The van der Waals surface area contributed by atoms with E-state index in [4.69, 9.17) is 9.47 Å². The van der Waals surface area contributed by atoms with Crippen LogP contribution in [0.2, 0.25) is 0 Å². The second kappa shape index (κ2) is 12.6. The van der Waals surface area contributed by atoms with Gasteiger partial charge in [0.2, 0.25) is 0 Å². The molecule has 1 unspecified atom stereocenters. The molecule has 3 nitrogen and oxygen atoms in total. The van der Waals surface area contributed by atoms with E-state index in [0.717, 1.165) is 59.2 Å². The minimum Gasteiger partial charge on any atom is -0.493 e. The lowest BCUT2D eigenvalue weighted by Crippen LogP contribution is -2.10. The van der Waals surface area contributed by atoms with Crippen LogP contribution >= 0.6 is 8.58 Å². The van der Waals surface area contributed by atoms with Gasteiger partial charge in [-0.25, -0.2) is 0 Å². The van der Waals surface area contributed by atoms with Crippen molar-refractivity contribution in [3.63, 3.8) is 0 Å². The molecule has 158 valence electrons. The van der Waals surface area contributed by atoms with Crippen molar-refractivity contribution in [3.05, 3.63) is 53.1 Å². The highest BCUT2D eigenvalue weighted by Crippen LogP contribution is 2.30. The zero-order valence-corrected chi connectivity index (χ0v) is 19.3. The molecule has 0 saturated heterocycles. The first-order valence-electron chi connectivity index (χ1n) is 10.8. The number of aryl methyl sites for hydroxylation is 2. The summed E-state index contributed by atoms with van der Waals surface area (Å²) < 4.78 is 12.0. The Hall–Kier alpha value is -1.86. The monoisotopic (exact) mass is 414 g/mol. The fourth-order valence-corrected chi connectivity index (χ4v) is 4.45. The Bertz CT molecular complexity index is 765. The molecule has 4 heteroatoms. The molecule has 29 heavy (non-hydrogen) atoms. The van der Waals surface area contributed by atoms with E-state index in [0.29, 0.717) is 13.2 Å². The average molecular weight is 415 g/mol. The zero-order chi connectivity index (χ0) is 21.1. The van der Waals surface area contributed by atoms with E-state index < -0.39 is 0 Å².